The standard InChI is InChI=1S/C53H60FN9O15/c1-4-53(74)34-19-39-48-32(24-63(39)50(71)33(34)26-77-51(53)72)47-36(11-10-31-29(3)35(54)20-37(60-48)46(31)47)61-52(73)78-28(2)25-76-27-58-42(66)22-57-49(70)38(18-30-8-6-5-7-9-30)59-43(67)23-56-41(65)21-55-40(64)14-16-75-17-15-62-44(68)12-13-45(62)69/h5-9,12-13,19-20,28,36,38,40,55,64,74H,4,10-11,14-18,21-27H2,1-3H3,(H,56,65)(H,57,70)(H,58,66)(H,59,67)(H,61,73)/t28-,36+,38+,40?,53+/m1/s1. The van der Waals surface area contributed by atoms with Gasteiger partial charge < -0.3 is 60.3 Å². The second-order valence-corrected chi connectivity index (χ2v) is 19.1. The third kappa shape index (κ3) is 12.6. The number of nitrogens with one attached hydrogen (secondary N) is 6. The van der Waals surface area contributed by atoms with E-state index < -0.39 is 102 Å². The summed E-state index contributed by atoms with van der Waals surface area (Å²) in [4.78, 5) is 121. The van der Waals surface area contributed by atoms with Crippen molar-refractivity contribution in [1.82, 2.24) is 46.4 Å². The first-order valence-corrected chi connectivity index (χ1v) is 25.4. The summed E-state index contributed by atoms with van der Waals surface area (Å²) < 4.78 is 38.6. The first-order valence-electron chi connectivity index (χ1n) is 25.4. The number of aliphatic hydroxyl groups is 2. The Morgan fingerprint density at radius 2 is 1.65 bits per heavy atom. The number of rotatable bonds is 24. The van der Waals surface area contributed by atoms with E-state index in [2.05, 4.69) is 31.9 Å². The van der Waals surface area contributed by atoms with Gasteiger partial charge in [-0.3, -0.25) is 43.8 Å². The van der Waals surface area contributed by atoms with Gasteiger partial charge in [-0.25, -0.2) is 19.0 Å². The number of nitrogens with zero attached hydrogens (tertiary/aromatic N) is 3. The number of hydrogen-bond donors (Lipinski definition) is 8. The molecule has 2 aromatic heterocycles. The normalized spacial score (nSPS) is 18.1. The van der Waals surface area contributed by atoms with E-state index in [1.54, 1.807) is 57.2 Å². The van der Waals surface area contributed by atoms with E-state index in [4.69, 9.17) is 23.9 Å². The van der Waals surface area contributed by atoms with Crippen LogP contribution >= 0.6 is 0 Å². The number of imide groups is 1. The minimum Gasteiger partial charge on any atom is -0.458 e. The molecule has 414 valence electrons. The Kier molecular flexibility index (Phi) is 17.7. The van der Waals surface area contributed by atoms with Crippen LogP contribution < -0.4 is 37.5 Å². The number of esters is 1. The maximum absolute atomic E-state index is 15.4. The molecule has 0 saturated carbocycles. The largest absolute Gasteiger partial charge is 0.458 e. The highest BCUT2D eigenvalue weighted by Crippen LogP contribution is 2.46. The summed E-state index contributed by atoms with van der Waals surface area (Å²) in [6.45, 7) is 2.92. The molecular formula is C53H60FN9O15. The molecule has 0 bridgehead atoms. The molecule has 0 spiro atoms. The average molecular weight is 1080 g/mol. The number of alkyl carbamates (subject to hydrolysis) is 1. The lowest BCUT2D eigenvalue weighted by Crippen LogP contribution is -2.52. The van der Waals surface area contributed by atoms with Crippen LogP contribution in [0.1, 0.15) is 78.1 Å². The van der Waals surface area contributed by atoms with Crippen molar-refractivity contribution >= 4 is 58.4 Å². The fraction of sp³-hybridized carbons (Fsp3) is 0.434. The molecule has 4 aromatic rings. The lowest BCUT2D eigenvalue weighted by atomic mass is 9.81. The highest BCUT2D eigenvalue weighted by atomic mass is 19.1. The van der Waals surface area contributed by atoms with Crippen molar-refractivity contribution in [3.63, 3.8) is 0 Å². The third-order valence-corrected chi connectivity index (χ3v) is 13.9. The first kappa shape index (κ1) is 56.2. The fourth-order valence-electron chi connectivity index (χ4n) is 9.76. The van der Waals surface area contributed by atoms with Gasteiger partial charge in [0.15, 0.2) is 5.60 Å². The van der Waals surface area contributed by atoms with E-state index >= 15 is 4.39 Å². The van der Waals surface area contributed by atoms with Crippen molar-refractivity contribution in [1.29, 1.82) is 0 Å². The predicted octanol–water partition coefficient (Wildman–Crippen LogP) is -0.0810. The summed E-state index contributed by atoms with van der Waals surface area (Å²) >= 11 is 0. The number of carbonyl (C=O) groups is 8. The van der Waals surface area contributed by atoms with Gasteiger partial charge in [0.05, 0.1) is 81.1 Å². The molecular weight excluding hydrogens is 1020 g/mol. The summed E-state index contributed by atoms with van der Waals surface area (Å²) in [6.07, 6.45) is 0.383. The van der Waals surface area contributed by atoms with Gasteiger partial charge in [0.1, 0.15) is 37.5 Å². The van der Waals surface area contributed by atoms with E-state index in [1.807, 2.05) is 0 Å². The number of aromatic nitrogens is 2. The minimum absolute atomic E-state index is 0.0468. The van der Waals surface area contributed by atoms with Crippen LogP contribution in [0.5, 0.6) is 0 Å². The smallest absolute Gasteiger partial charge is 0.407 e. The molecule has 0 saturated heterocycles. The van der Waals surface area contributed by atoms with Crippen LogP contribution in [-0.2, 0) is 84.1 Å². The molecule has 7 amide bonds. The van der Waals surface area contributed by atoms with Gasteiger partial charge in [0.25, 0.3) is 17.4 Å². The highest BCUT2D eigenvalue weighted by Gasteiger charge is 2.46. The highest BCUT2D eigenvalue weighted by molar-refractivity contribution is 6.12. The molecule has 25 heteroatoms. The number of amides is 7. The Labute approximate surface area is 445 Å². The SMILES string of the molecule is CC[C@@]1(O)C(=O)OCc2c1cc1n(c2=O)Cc2c-1nc1cc(F)c(C)c3c1c2[C@@H](NC(=O)O[C@H](C)COCNC(=O)CNC(=O)[C@H](Cc1ccccc1)NC(=O)CNC(=O)CNC(O)CCOCCN1C(=O)C=CC1=O)CC3. The molecule has 8 rings (SSSR count). The van der Waals surface area contributed by atoms with Crippen molar-refractivity contribution in [3.05, 3.63) is 110 Å². The van der Waals surface area contributed by atoms with Crippen molar-refractivity contribution in [3.8, 4) is 11.4 Å². The molecule has 1 unspecified atom stereocenters. The minimum atomic E-state index is -2.05. The molecule has 0 fully saturated rings. The quantitative estimate of drug-likeness (QED) is 0.0173. The van der Waals surface area contributed by atoms with Crippen molar-refractivity contribution in [2.24, 2.45) is 0 Å². The molecule has 0 radical (unpaired) electrons. The predicted molar refractivity (Wildman–Crippen MR) is 272 cm³/mol. The van der Waals surface area contributed by atoms with Gasteiger partial charge in [0.2, 0.25) is 23.6 Å². The Hall–Kier alpha value is -7.97. The Bertz CT molecular complexity index is 3120. The summed E-state index contributed by atoms with van der Waals surface area (Å²) in [5.74, 6) is -4.87. The molecule has 24 nitrogen and oxygen atoms in total. The summed E-state index contributed by atoms with van der Waals surface area (Å²) in [5.41, 5.74) is 1.83. The Balaban J connectivity index is 0.782. The van der Waals surface area contributed by atoms with Crippen LogP contribution in [0.15, 0.2) is 59.4 Å². The Morgan fingerprint density at radius 1 is 0.923 bits per heavy atom. The van der Waals surface area contributed by atoms with E-state index in [9.17, 15) is 53.4 Å². The zero-order valence-electron chi connectivity index (χ0n) is 43.0. The number of fused-ring (bicyclic) bond motifs is 5. The number of aryl methyl sites for hydroxylation is 1. The molecule has 3 aliphatic heterocycles. The van der Waals surface area contributed by atoms with Gasteiger partial charge in [-0.2, -0.15) is 0 Å². The molecule has 8 N–H and O–H groups in total. The van der Waals surface area contributed by atoms with Gasteiger partial charge >= 0.3 is 12.1 Å². The zero-order valence-corrected chi connectivity index (χ0v) is 43.0. The maximum Gasteiger partial charge on any atom is 0.407 e. The number of benzene rings is 2. The van der Waals surface area contributed by atoms with Crippen molar-refractivity contribution in [2.45, 2.75) is 96.0 Å². The fourth-order valence-corrected chi connectivity index (χ4v) is 9.76. The topological polar surface area (TPSA) is 324 Å². The summed E-state index contributed by atoms with van der Waals surface area (Å²) in [6, 6.07) is 9.83. The lowest BCUT2D eigenvalue weighted by Gasteiger charge is -2.31. The van der Waals surface area contributed by atoms with Crippen LogP contribution in [0, 0.1) is 12.7 Å². The number of ether oxygens (including phenoxy) is 4. The molecule has 1 aliphatic carbocycles. The number of hydrogen-bond acceptors (Lipinski definition) is 17. The van der Waals surface area contributed by atoms with Gasteiger partial charge in [0, 0.05) is 47.6 Å². The number of pyridine rings is 2. The van der Waals surface area contributed by atoms with Crippen molar-refractivity contribution < 1.29 is 71.9 Å². The van der Waals surface area contributed by atoms with Crippen LogP contribution in [-0.4, -0.2) is 143 Å². The second kappa shape index (κ2) is 24.6. The first-order chi connectivity index (χ1) is 37.4. The van der Waals surface area contributed by atoms with Gasteiger partial charge in [-0.15, -0.1) is 0 Å². The summed E-state index contributed by atoms with van der Waals surface area (Å²) in [7, 11) is 0. The van der Waals surface area contributed by atoms with E-state index in [1.165, 1.54) is 10.6 Å². The van der Waals surface area contributed by atoms with Crippen LogP contribution in [0.4, 0.5) is 9.18 Å². The number of halogens is 1. The van der Waals surface area contributed by atoms with Crippen molar-refractivity contribution in [2.75, 3.05) is 52.7 Å². The van der Waals surface area contributed by atoms with Crippen LogP contribution in [0.2, 0.25) is 0 Å². The zero-order chi connectivity index (χ0) is 55.8. The lowest BCUT2D eigenvalue weighted by molar-refractivity contribution is -0.172. The monoisotopic (exact) mass is 1080 g/mol. The molecule has 78 heavy (non-hydrogen) atoms. The van der Waals surface area contributed by atoms with Gasteiger partial charge in [-0.1, -0.05) is 37.3 Å². The number of carbonyl (C=O) groups excluding carboxylic acids is 8. The molecule has 4 aliphatic rings. The Morgan fingerprint density at radius 3 is 2.40 bits per heavy atom. The number of aliphatic hydroxyl groups excluding tert-OH is 1. The summed E-state index contributed by atoms with van der Waals surface area (Å²) in [5, 5.41) is 37.7. The van der Waals surface area contributed by atoms with E-state index in [0.717, 1.165) is 22.6 Å². The van der Waals surface area contributed by atoms with Crippen LogP contribution in [0.25, 0.3) is 22.3 Å². The average Bonchev–Trinajstić information content (AvgIpc) is 4.15. The second-order valence-electron chi connectivity index (χ2n) is 19.1. The number of cyclic esters (lactones) is 1. The van der Waals surface area contributed by atoms with E-state index in [0.29, 0.717) is 57.4 Å². The third-order valence-electron chi connectivity index (χ3n) is 13.9. The maximum atomic E-state index is 15.4. The molecule has 5 heterocycles. The molecule has 2 aromatic carbocycles. The van der Waals surface area contributed by atoms with Crippen LogP contribution in [0.3, 0.4) is 0 Å². The van der Waals surface area contributed by atoms with Gasteiger partial charge in [-0.05, 0) is 61.4 Å². The molecule has 5 atom stereocenters. The van der Waals surface area contributed by atoms with E-state index in [-0.39, 0.29) is 83.2 Å².